The van der Waals surface area contributed by atoms with E-state index in [1.165, 1.54) is 0 Å². The van der Waals surface area contributed by atoms with Gasteiger partial charge in [0.2, 0.25) is 0 Å². The summed E-state index contributed by atoms with van der Waals surface area (Å²) in [5.41, 5.74) is -0.440. The van der Waals surface area contributed by atoms with Crippen molar-refractivity contribution < 1.29 is 9.53 Å². The highest BCUT2D eigenvalue weighted by molar-refractivity contribution is 5.68. The van der Waals surface area contributed by atoms with E-state index in [0.717, 1.165) is 31.8 Å². The number of aromatic nitrogens is 2. The van der Waals surface area contributed by atoms with E-state index in [1.807, 2.05) is 49.7 Å². The van der Waals surface area contributed by atoms with Crippen molar-refractivity contribution in [2.45, 2.75) is 64.8 Å². The van der Waals surface area contributed by atoms with Gasteiger partial charge in [-0.2, -0.15) is 0 Å². The number of carbonyl (C=O) groups excluding carboxylic acids is 1. The fraction of sp³-hybridized carbons (Fsp3) is 0.750. The van der Waals surface area contributed by atoms with Crippen molar-refractivity contribution >= 4 is 6.09 Å². The van der Waals surface area contributed by atoms with Crippen LogP contribution < -0.4 is 5.32 Å². The van der Waals surface area contributed by atoms with Crippen molar-refractivity contribution in [3.05, 3.63) is 18.2 Å². The van der Waals surface area contributed by atoms with Crippen LogP contribution in [0, 0.1) is 0 Å². The molecule has 1 saturated heterocycles. The molecular formula is C16H28N4O2. The van der Waals surface area contributed by atoms with Gasteiger partial charge in [-0.15, -0.1) is 0 Å². The van der Waals surface area contributed by atoms with Gasteiger partial charge >= 0.3 is 6.09 Å². The summed E-state index contributed by atoms with van der Waals surface area (Å²) >= 11 is 0. The summed E-state index contributed by atoms with van der Waals surface area (Å²) in [6.45, 7) is 9.27. The number of amides is 1. The van der Waals surface area contributed by atoms with Gasteiger partial charge in [0.1, 0.15) is 11.4 Å². The quantitative estimate of drug-likeness (QED) is 0.931. The molecule has 1 aromatic rings. The van der Waals surface area contributed by atoms with Gasteiger partial charge in [-0.1, -0.05) is 0 Å². The number of likely N-dealkylation sites (tertiary alicyclic amines) is 1. The fourth-order valence-corrected chi connectivity index (χ4v) is 2.75. The lowest BCUT2D eigenvalue weighted by Crippen LogP contribution is -2.51. The Morgan fingerprint density at radius 1 is 1.50 bits per heavy atom. The lowest BCUT2D eigenvalue weighted by molar-refractivity contribution is 0.00929. The Labute approximate surface area is 132 Å². The first-order chi connectivity index (χ1) is 10.3. The van der Waals surface area contributed by atoms with Crippen molar-refractivity contribution in [3.63, 3.8) is 0 Å². The van der Waals surface area contributed by atoms with Crippen molar-refractivity contribution in [2.24, 2.45) is 7.05 Å². The molecule has 0 aromatic carbocycles. The van der Waals surface area contributed by atoms with Gasteiger partial charge in [0, 0.05) is 38.1 Å². The molecular weight excluding hydrogens is 280 g/mol. The van der Waals surface area contributed by atoms with Crippen molar-refractivity contribution in [2.75, 3.05) is 6.54 Å². The molecule has 124 valence electrons. The smallest absolute Gasteiger partial charge is 0.410 e. The number of nitrogens with one attached hydrogen (secondary N) is 1. The van der Waals surface area contributed by atoms with E-state index in [2.05, 4.69) is 17.2 Å². The second-order valence-corrected chi connectivity index (χ2v) is 7.08. The number of hydrogen-bond acceptors (Lipinski definition) is 4. The fourth-order valence-electron chi connectivity index (χ4n) is 2.75. The zero-order valence-corrected chi connectivity index (χ0v) is 14.3. The van der Waals surface area contributed by atoms with E-state index in [9.17, 15) is 4.79 Å². The molecule has 1 fully saturated rings. The maximum absolute atomic E-state index is 12.2. The molecule has 2 atom stereocenters. The minimum Gasteiger partial charge on any atom is -0.444 e. The van der Waals surface area contributed by atoms with Gasteiger partial charge in [-0.3, -0.25) is 0 Å². The third kappa shape index (κ3) is 4.47. The van der Waals surface area contributed by atoms with E-state index in [4.69, 9.17) is 4.74 Å². The van der Waals surface area contributed by atoms with Gasteiger partial charge in [-0.05, 0) is 40.5 Å². The van der Waals surface area contributed by atoms with Crippen LogP contribution in [0.25, 0.3) is 0 Å². The van der Waals surface area contributed by atoms with E-state index in [0.29, 0.717) is 6.04 Å². The molecule has 2 heterocycles. The number of piperidine rings is 1. The van der Waals surface area contributed by atoms with E-state index >= 15 is 0 Å². The van der Waals surface area contributed by atoms with Crippen LogP contribution >= 0.6 is 0 Å². The molecule has 1 aliphatic rings. The predicted octanol–water partition coefficient (Wildman–Crippen LogP) is 2.30. The minimum atomic E-state index is -0.440. The maximum Gasteiger partial charge on any atom is 0.410 e. The third-order valence-corrected chi connectivity index (χ3v) is 3.97. The zero-order valence-electron chi connectivity index (χ0n) is 14.3. The number of aryl methyl sites for hydroxylation is 1. The highest BCUT2D eigenvalue weighted by Gasteiger charge is 2.31. The normalized spacial score (nSPS) is 22.7. The second-order valence-electron chi connectivity index (χ2n) is 7.08. The lowest BCUT2D eigenvalue weighted by atomic mass is 9.98. The maximum atomic E-state index is 12.2. The molecule has 22 heavy (non-hydrogen) atoms. The molecule has 0 saturated carbocycles. The van der Waals surface area contributed by atoms with E-state index in [1.54, 1.807) is 0 Å². The summed E-state index contributed by atoms with van der Waals surface area (Å²) in [7, 11) is 2.00. The Hall–Kier alpha value is -1.56. The second kappa shape index (κ2) is 6.69. The number of hydrogen-bond donors (Lipinski definition) is 1. The monoisotopic (exact) mass is 308 g/mol. The number of imidazole rings is 1. The summed E-state index contributed by atoms with van der Waals surface area (Å²) in [6.07, 6.45) is 5.43. The van der Waals surface area contributed by atoms with Gasteiger partial charge in [0.25, 0.3) is 0 Å². The molecule has 0 spiro atoms. The van der Waals surface area contributed by atoms with Crippen LogP contribution in [0.2, 0.25) is 0 Å². The Morgan fingerprint density at radius 3 is 2.77 bits per heavy atom. The van der Waals surface area contributed by atoms with Gasteiger partial charge in [-0.25, -0.2) is 9.78 Å². The molecule has 1 aliphatic heterocycles. The molecule has 2 unspecified atom stereocenters. The molecule has 6 heteroatoms. The zero-order chi connectivity index (χ0) is 16.3. The van der Waals surface area contributed by atoms with Crippen molar-refractivity contribution in [3.8, 4) is 0 Å². The van der Waals surface area contributed by atoms with Crippen LogP contribution in [-0.2, 0) is 18.3 Å². The lowest BCUT2D eigenvalue weighted by Gasteiger charge is -2.38. The van der Waals surface area contributed by atoms with Gasteiger partial charge < -0.3 is 19.5 Å². The molecule has 6 nitrogen and oxygen atoms in total. The SMILES string of the molecule is CC1CC(NCc2nccn2C)CCN1C(=O)OC(C)(C)C. The summed E-state index contributed by atoms with van der Waals surface area (Å²) < 4.78 is 7.49. The third-order valence-electron chi connectivity index (χ3n) is 3.97. The Balaban J connectivity index is 1.82. The first-order valence-electron chi connectivity index (χ1n) is 7.95. The van der Waals surface area contributed by atoms with Crippen molar-refractivity contribution in [1.82, 2.24) is 19.8 Å². The molecule has 1 amide bonds. The van der Waals surface area contributed by atoms with Gasteiger partial charge in [0.05, 0.1) is 6.54 Å². The average molecular weight is 308 g/mol. The van der Waals surface area contributed by atoms with Crippen LogP contribution in [-0.4, -0.2) is 44.8 Å². The molecule has 2 rings (SSSR count). The number of ether oxygens (including phenoxy) is 1. The van der Waals surface area contributed by atoms with Crippen molar-refractivity contribution in [1.29, 1.82) is 0 Å². The molecule has 1 aromatic heterocycles. The Morgan fingerprint density at radius 2 is 2.23 bits per heavy atom. The number of nitrogens with zero attached hydrogens (tertiary/aromatic N) is 3. The van der Waals surface area contributed by atoms with E-state index < -0.39 is 5.60 Å². The predicted molar refractivity (Wildman–Crippen MR) is 85.5 cm³/mol. The van der Waals surface area contributed by atoms with E-state index in [-0.39, 0.29) is 12.1 Å². The van der Waals surface area contributed by atoms with Crippen LogP contribution in [0.5, 0.6) is 0 Å². The summed E-state index contributed by atoms with van der Waals surface area (Å²) in [5.74, 6) is 1.03. The topological polar surface area (TPSA) is 59.4 Å². The van der Waals surface area contributed by atoms with Crippen LogP contribution in [0.1, 0.15) is 46.4 Å². The van der Waals surface area contributed by atoms with Crippen LogP contribution in [0.15, 0.2) is 12.4 Å². The molecule has 0 aliphatic carbocycles. The number of rotatable bonds is 3. The molecule has 0 radical (unpaired) electrons. The first-order valence-corrected chi connectivity index (χ1v) is 7.95. The van der Waals surface area contributed by atoms with Crippen LogP contribution in [0.4, 0.5) is 4.79 Å². The first kappa shape index (κ1) is 16.8. The highest BCUT2D eigenvalue weighted by atomic mass is 16.6. The minimum absolute atomic E-state index is 0.183. The largest absolute Gasteiger partial charge is 0.444 e. The summed E-state index contributed by atoms with van der Waals surface area (Å²) in [5, 5.41) is 3.54. The highest BCUT2D eigenvalue weighted by Crippen LogP contribution is 2.20. The van der Waals surface area contributed by atoms with Gasteiger partial charge in [0.15, 0.2) is 0 Å². The molecule has 1 N–H and O–H groups in total. The summed E-state index contributed by atoms with van der Waals surface area (Å²) in [6, 6.07) is 0.591. The standard InChI is InChI=1S/C16H28N4O2/c1-12-10-13(18-11-14-17-7-9-19(14)5)6-8-20(12)15(21)22-16(2,3)4/h7,9,12-13,18H,6,8,10-11H2,1-5H3. The van der Waals surface area contributed by atoms with Crippen LogP contribution in [0.3, 0.4) is 0 Å². The summed E-state index contributed by atoms with van der Waals surface area (Å²) in [4.78, 5) is 18.3. The Bertz CT molecular complexity index is 506. The average Bonchev–Trinajstić information content (AvgIpc) is 2.80. The Kier molecular flexibility index (Phi) is 5.11. The number of carbonyl (C=O) groups is 1. The molecule has 0 bridgehead atoms.